The molecule has 75 heavy (non-hydrogen) atoms. The summed E-state index contributed by atoms with van der Waals surface area (Å²) in [6.07, 6.45) is 12.6. The Balaban J connectivity index is 1.06. The van der Waals surface area contributed by atoms with Crippen LogP contribution in [-0.2, 0) is 60.7 Å². The molecule has 0 saturated heterocycles. The molecule has 0 radical (unpaired) electrons. The van der Waals surface area contributed by atoms with Crippen molar-refractivity contribution < 1.29 is 58.1 Å². The van der Waals surface area contributed by atoms with Crippen molar-refractivity contribution in [2.75, 3.05) is 19.6 Å². The van der Waals surface area contributed by atoms with Crippen LogP contribution in [-0.4, -0.2) is 149 Å². The number of aromatic amines is 2. The van der Waals surface area contributed by atoms with Gasteiger partial charge >= 0.3 is 17.9 Å². The molecule has 0 spiro atoms. The van der Waals surface area contributed by atoms with Crippen molar-refractivity contribution >= 4 is 59.3 Å². The Hall–Kier alpha value is -8.65. The van der Waals surface area contributed by atoms with Gasteiger partial charge in [-0.1, -0.05) is 43.5 Å². The lowest BCUT2D eigenvalue weighted by molar-refractivity contribution is -0.154. The van der Waals surface area contributed by atoms with Gasteiger partial charge in [-0.2, -0.15) is 0 Å². The number of amides is 6. The molecule has 1 saturated carbocycles. The first kappa shape index (κ1) is 55.7. The van der Waals surface area contributed by atoms with Crippen molar-refractivity contribution in [2.24, 2.45) is 22.4 Å². The minimum absolute atomic E-state index is 0.0456. The van der Waals surface area contributed by atoms with Gasteiger partial charge in [-0.15, -0.1) is 0 Å². The van der Waals surface area contributed by atoms with E-state index in [9.17, 15) is 48.3 Å². The summed E-state index contributed by atoms with van der Waals surface area (Å²) in [5.41, 5.74) is 14.9. The van der Waals surface area contributed by atoms with Crippen molar-refractivity contribution in [3.8, 4) is 11.3 Å². The SMILES string of the molecule is NC(N)=NCCC[C@H](NC(=O)CNC(=O)[C@H](Cc1cnc[nH]1)NC(=O)[C@H](Cc1cnc[nH]1)NC(=O)CCC(=O)OC(CC1c2ccccc2-c2cncn21)C1CCCCC1)C(=O)NCC(=O)N[C@@H](CC(=O)O)C(=O)O. The van der Waals surface area contributed by atoms with Crippen LogP contribution in [0.25, 0.3) is 11.3 Å². The molecule has 6 rings (SSSR count). The number of nitrogens with two attached hydrogens (primary N) is 2. The van der Waals surface area contributed by atoms with Gasteiger partial charge in [0.1, 0.15) is 30.3 Å². The first-order valence-electron chi connectivity index (χ1n) is 24.5. The number of guanidine groups is 1. The molecule has 6 atom stereocenters. The van der Waals surface area contributed by atoms with Crippen molar-refractivity contribution in [1.82, 2.24) is 61.4 Å². The number of carbonyl (C=O) groups excluding carboxylic acids is 7. The molecule has 27 nitrogen and oxygen atoms in total. The molecule has 2 aliphatic rings. The third-order valence-electron chi connectivity index (χ3n) is 12.8. The summed E-state index contributed by atoms with van der Waals surface area (Å²) in [7, 11) is 0. The molecule has 27 heteroatoms. The molecule has 1 aliphatic carbocycles. The maximum absolute atomic E-state index is 14.1. The number of nitrogens with one attached hydrogen (secondary N) is 8. The monoisotopic (exact) mass is 1040 g/mol. The minimum Gasteiger partial charge on any atom is -0.481 e. The van der Waals surface area contributed by atoms with Gasteiger partial charge in [-0.05, 0) is 37.2 Å². The van der Waals surface area contributed by atoms with Crippen LogP contribution < -0.4 is 43.4 Å². The number of hydrogen-bond acceptors (Lipinski definition) is 14. The predicted molar refractivity (Wildman–Crippen MR) is 264 cm³/mol. The van der Waals surface area contributed by atoms with E-state index < -0.39 is 103 Å². The van der Waals surface area contributed by atoms with E-state index in [1.54, 1.807) is 6.33 Å². The molecule has 3 aromatic heterocycles. The second-order valence-corrected chi connectivity index (χ2v) is 18.3. The lowest BCUT2D eigenvalue weighted by atomic mass is 9.82. The van der Waals surface area contributed by atoms with Gasteiger partial charge in [0.15, 0.2) is 5.96 Å². The first-order chi connectivity index (χ1) is 36.0. The van der Waals surface area contributed by atoms with Gasteiger partial charge in [0.25, 0.3) is 0 Å². The fourth-order valence-corrected chi connectivity index (χ4v) is 9.09. The number of ether oxygens (including phenoxy) is 1. The van der Waals surface area contributed by atoms with E-state index in [1.165, 1.54) is 25.0 Å². The molecule has 1 fully saturated rings. The summed E-state index contributed by atoms with van der Waals surface area (Å²) in [6.45, 7) is -1.45. The largest absolute Gasteiger partial charge is 0.481 e. The summed E-state index contributed by atoms with van der Waals surface area (Å²) in [6, 6.07) is 2.25. The number of nitrogens with zero attached hydrogens (tertiary/aromatic N) is 5. The fourth-order valence-electron chi connectivity index (χ4n) is 9.09. The molecule has 4 heterocycles. The predicted octanol–water partition coefficient (Wildman–Crippen LogP) is -1.17. The van der Waals surface area contributed by atoms with Gasteiger partial charge < -0.3 is 72.9 Å². The highest BCUT2D eigenvalue weighted by Crippen LogP contribution is 2.43. The van der Waals surface area contributed by atoms with Crippen molar-refractivity contribution in [3.63, 3.8) is 0 Å². The number of rotatable bonds is 29. The summed E-state index contributed by atoms with van der Waals surface area (Å²) >= 11 is 0. The number of aliphatic imine (C=N–C) groups is 1. The van der Waals surface area contributed by atoms with Gasteiger partial charge in [0.2, 0.25) is 35.4 Å². The normalized spacial score (nSPS) is 15.8. The van der Waals surface area contributed by atoms with Gasteiger partial charge in [-0.3, -0.25) is 43.3 Å². The van der Waals surface area contributed by atoms with Crippen molar-refractivity contribution in [1.29, 1.82) is 0 Å². The lowest BCUT2D eigenvalue weighted by Gasteiger charge is -2.32. The molecule has 402 valence electrons. The highest BCUT2D eigenvalue weighted by molar-refractivity contribution is 5.95. The number of H-pyrrole nitrogens is 2. The van der Waals surface area contributed by atoms with Gasteiger partial charge in [-0.25, -0.2) is 19.7 Å². The molecule has 2 unspecified atom stereocenters. The number of aromatic nitrogens is 6. The van der Waals surface area contributed by atoms with Crippen LogP contribution in [0.3, 0.4) is 0 Å². The average molecular weight is 1040 g/mol. The molecule has 6 amide bonds. The average Bonchev–Trinajstić information content (AvgIpc) is 4.23. The zero-order valence-corrected chi connectivity index (χ0v) is 41.0. The number of imidazole rings is 3. The Morgan fingerprint density at radius 1 is 0.733 bits per heavy atom. The smallest absolute Gasteiger partial charge is 0.326 e. The Bertz CT molecular complexity index is 2650. The Labute approximate surface area is 429 Å². The van der Waals surface area contributed by atoms with E-state index in [0.29, 0.717) is 17.8 Å². The lowest BCUT2D eigenvalue weighted by Crippen LogP contribution is -2.56. The minimum atomic E-state index is -1.78. The number of carbonyl (C=O) groups is 9. The summed E-state index contributed by atoms with van der Waals surface area (Å²) < 4.78 is 8.33. The van der Waals surface area contributed by atoms with Crippen LogP contribution in [0.5, 0.6) is 0 Å². The zero-order chi connectivity index (χ0) is 53.9. The second kappa shape index (κ2) is 27.4. The van der Waals surface area contributed by atoms with E-state index in [-0.39, 0.29) is 63.0 Å². The van der Waals surface area contributed by atoms with Gasteiger partial charge in [0, 0.05) is 61.6 Å². The number of carboxylic acid groups (broad SMARTS) is 2. The van der Waals surface area contributed by atoms with Gasteiger partial charge in [0.05, 0.1) is 62.8 Å². The van der Waals surface area contributed by atoms with Crippen LogP contribution >= 0.6 is 0 Å². The maximum Gasteiger partial charge on any atom is 0.326 e. The number of aliphatic carboxylic acids is 2. The molecular formula is C48H63N15O12. The van der Waals surface area contributed by atoms with Crippen LogP contribution in [0.4, 0.5) is 0 Å². The van der Waals surface area contributed by atoms with Crippen molar-refractivity contribution in [2.45, 2.75) is 120 Å². The molecule has 4 aromatic rings. The zero-order valence-electron chi connectivity index (χ0n) is 41.0. The third-order valence-corrected chi connectivity index (χ3v) is 12.8. The molecule has 1 aliphatic heterocycles. The topological polar surface area (TPSA) is 415 Å². The third kappa shape index (κ3) is 17.0. The fraction of sp³-hybridized carbons (Fsp3) is 0.479. The van der Waals surface area contributed by atoms with Crippen molar-refractivity contribution in [3.05, 3.63) is 78.8 Å². The van der Waals surface area contributed by atoms with E-state index in [2.05, 4.69) is 73.2 Å². The Morgan fingerprint density at radius 3 is 1.96 bits per heavy atom. The second-order valence-electron chi connectivity index (χ2n) is 18.3. The molecule has 14 N–H and O–H groups in total. The summed E-state index contributed by atoms with van der Waals surface area (Å²) in [4.78, 5) is 138. The quantitative estimate of drug-likeness (QED) is 0.0132. The number of hydrogen-bond donors (Lipinski definition) is 12. The van der Waals surface area contributed by atoms with Crippen LogP contribution in [0.15, 0.2) is 66.8 Å². The number of carboxylic acids is 2. The van der Waals surface area contributed by atoms with E-state index in [0.717, 1.165) is 48.9 Å². The Kier molecular flexibility index (Phi) is 20.3. The highest BCUT2D eigenvalue weighted by Gasteiger charge is 2.36. The number of benzene rings is 1. The summed E-state index contributed by atoms with van der Waals surface area (Å²) in [5.74, 6) is -8.82. The first-order valence-corrected chi connectivity index (χ1v) is 24.5. The Morgan fingerprint density at radius 2 is 1.35 bits per heavy atom. The maximum atomic E-state index is 14.1. The number of fused-ring (bicyclic) bond motifs is 3. The highest BCUT2D eigenvalue weighted by atomic mass is 16.5. The van der Waals surface area contributed by atoms with Crippen LogP contribution in [0.1, 0.15) is 93.6 Å². The van der Waals surface area contributed by atoms with E-state index in [1.807, 2.05) is 23.6 Å². The molecular weight excluding hydrogens is 979 g/mol. The van der Waals surface area contributed by atoms with Crippen LogP contribution in [0.2, 0.25) is 0 Å². The summed E-state index contributed by atoms with van der Waals surface area (Å²) in [5, 5.41) is 32.7. The van der Waals surface area contributed by atoms with Crippen LogP contribution in [0, 0.1) is 5.92 Å². The van der Waals surface area contributed by atoms with E-state index >= 15 is 0 Å². The molecule has 0 bridgehead atoms. The number of esters is 1. The van der Waals surface area contributed by atoms with E-state index in [4.69, 9.17) is 21.3 Å². The standard InChI is InChI=1S/C48H63N15O12/c49-48(50)54-14-6-11-32(44(70)55-23-41(66)61-35(47(73)74)17-42(67)68)59-40(65)22-56-45(71)33(15-28-19-51-24-57-28)62-46(72)34(16-29-20-52-25-58-29)60-39(64)12-13-43(69)75-38(27-7-2-1-3-8-27)18-36-30-9-4-5-10-31(30)37-21-53-26-63(36)37/h4-5,9-10,19-21,24-27,32-36,38H,1-3,6-8,11-18,22-23H2,(H,51,57)(H,52,58)(H,55,70)(H,56,71)(H,59,65)(H,60,64)(H,61,66)(H,62,72)(H,67,68)(H,73,74)(H4,49,50,54)/t32-,33-,34-,35-,36?,38?/m0/s1. The molecule has 1 aromatic carbocycles.